The lowest BCUT2D eigenvalue weighted by Crippen LogP contribution is -2.37. The minimum atomic E-state index is -3.21. The normalized spacial score (nSPS) is 16.0. The van der Waals surface area contributed by atoms with Crippen molar-refractivity contribution in [3.63, 3.8) is 0 Å². The summed E-state index contributed by atoms with van der Waals surface area (Å²) < 4.78 is 28.6. The molecule has 9 heteroatoms. The van der Waals surface area contributed by atoms with Crippen molar-refractivity contribution in [1.82, 2.24) is 18.7 Å². The number of aromatic nitrogens is 3. The highest BCUT2D eigenvalue weighted by atomic mass is 32.2. The third-order valence-corrected chi connectivity index (χ3v) is 8.24. The van der Waals surface area contributed by atoms with Gasteiger partial charge in [-0.1, -0.05) is 42.5 Å². The molecule has 1 aliphatic rings. The number of fused-ring (bicyclic) bond motifs is 1. The molecule has 3 heterocycles. The van der Waals surface area contributed by atoms with E-state index in [1.54, 1.807) is 9.25 Å². The van der Waals surface area contributed by atoms with Gasteiger partial charge in [0, 0.05) is 19.0 Å². The number of hydrogen-bond donors (Lipinski definition) is 0. The van der Waals surface area contributed by atoms with E-state index in [0.29, 0.717) is 38.3 Å². The van der Waals surface area contributed by atoms with Crippen LogP contribution in [-0.2, 0) is 16.6 Å². The maximum absolute atomic E-state index is 13.5. The van der Waals surface area contributed by atoms with Crippen LogP contribution in [-0.4, -0.2) is 46.4 Å². The quantitative estimate of drug-likeness (QED) is 0.450. The zero-order chi connectivity index (χ0) is 22.3. The van der Waals surface area contributed by atoms with E-state index in [0.717, 1.165) is 21.3 Å². The summed E-state index contributed by atoms with van der Waals surface area (Å²) in [6.45, 7) is 1.27. The van der Waals surface area contributed by atoms with Crippen LogP contribution < -0.4 is 5.69 Å². The fourth-order valence-electron chi connectivity index (χ4n) is 4.43. The second kappa shape index (κ2) is 8.31. The van der Waals surface area contributed by atoms with Crippen molar-refractivity contribution < 1.29 is 8.42 Å². The fourth-order valence-corrected chi connectivity index (χ4v) is 6.04. The standard InChI is InChI=1S/C23H24N4O3S2/c1-32(29,30)25-13-11-18(12-14-25)22-24-26(23(28)27(22)21-10-5-15-31-21)16-19-8-4-7-17-6-2-3-9-20(17)19/h2-10,15,18H,11-14,16H2,1H3. The average Bonchev–Trinajstić information content (AvgIpc) is 3.42. The second-order valence-electron chi connectivity index (χ2n) is 8.16. The minimum Gasteiger partial charge on any atom is -0.246 e. The van der Waals surface area contributed by atoms with E-state index >= 15 is 0 Å². The summed E-state index contributed by atoms with van der Waals surface area (Å²) >= 11 is 1.50. The lowest BCUT2D eigenvalue weighted by molar-refractivity contribution is 0.313. The van der Waals surface area contributed by atoms with E-state index in [4.69, 9.17) is 5.10 Å². The molecule has 0 amide bonds. The average molecular weight is 469 g/mol. The predicted molar refractivity (Wildman–Crippen MR) is 127 cm³/mol. The molecule has 0 N–H and O–H groups in total. The van der Waals surface area contributed by atoms with Gasteiger partial charge in [-0.3, -0.25) is 0 Å². The Hall–Kier alpha value is -2.75. The van der Waals surface area contributed by atoms with E-state index in [1.165, 1.54) is 21.9 Å². The van der Waals surface area contributed by atoms with Crippen LogP contribution in [0.2, 0.25) is 0 Å². The molecule has 0 aliphatic carbocycles. The molecule has 0 spiro atoms. The molecule has 1 fully saturated rings. The van der Waals surface area contributed by atoms with Crippen molar-refractivity contribution in [2.24, 2.45) is 0 Å². The van der Waals surface area contributed by atoms with Gasteiger partial charge in [0.2, 0.25) is 10.0 Å². The molecule has 2 aromatic heterocycles. The number of piperidine rings is 1. The number of benzene rings is 2. The van der Waals surface area contributed by atoms with Gasteiger partial charge in [-0.25, -0.2) is 26.8 Å². The van der Waals surface area contributed by atoms with Crippen LogP contribution >= 0.6 is 11.3 Å². The Kier molecular flexibility index (Phi) is 5.48. The van der Waals surface area contributed by atoms with Gasteiger partial charge in [0.15, 0.2) is 0 Å². The van der Waals surface area contributed by atoms with Crippen LogP contribution in [0, 0.1) is 0 Å². The Morgan fingerprint density at radius 3 is 2.50 bits per heavy atom. The summed E-state index contributed by atoms with van der Waals surface area (Å²) in [6, 6.07) is 18.1. The summed E-state index contributed by atoms with van der Waals surface area (Å²) in [5.41, 5.74) is 0.875. The van der Waals surface area contributed by atoms with Crippen molar-refractivity contribution in [1.29, 1.82) is 0 Å². The Balaban J connectivity index is 1.54. The van der Waals surface area contributed by atoms with Crippen LogP contribution in [0.25, 0.3) is 15.8 Å². The van der Waals surface area contributed by atoms with Gasteiger partial charge in [0.25, 0.3) is 0 Å². The molecular weight excluding hydrogens is 444 g/mol. The molecule has 0 unspecified atom stereocenters. The molecule has 0 radical (unpaired) electrons. The largest absolute Gasteiger partial charge is 0.351 e. The first kappa shape index (κ1) is 21.1. The number of rotatable bonds is 5. The van der Waals surface area contributed by atoms with Crippen LogP contribution in [0.3, 0.4) is 0 Å². The Morgan fingerprint density at radius 1 is 1.03 bits per heavy atom. The highest BCUT2D eigenvalue weighted by molar-refractivity contribution is 7.88. The van der Waals surface area contributed by atoms with Crippen LogP contribution in [0.4, 0.5) is 0 Å². The molecule has 2 aromatic carbocycles. The molecule has 0 bridgehead atoms. The Morgan fingerprint density at radius 2 is 1.78 bits per heavy atom. The van der Waals surface area contributed by atoms with Crippen LogP contribution in [0.5, 0.6) is 0 Å². The summed E-state index contributed by atoms with van der Waals surface area (Å²) in [7, 11) is -3.21. The van der Waals surface area contributed by atoms with Crippen molar-refractivity contribution in [3.05, 3.63) is 81.8 Å². The molecule has 32 heavy (non-hydrogen) atoms. The van der Waals surface area contributed by atoms with E-state index < -0.39 is 10.0 Å². The summed E-state index contributed by atoms with van der Waals surface area (Å²) in [5.74, 6) is 0.738. The lowest BCUT2D eigenvalue weighted by atomic mass is 9.97. The summed E-state index contributed by atoms with van der Waals surface area (Å²) in [6.07, 6.45) is 2.53. The molecule has 4 aromatic rings. The van der Waals surface area contributed by atoms with E-state index in [-0.39, 0.29) is 11.6 Å². The number of nitrogens with zero attached hydrogens (tertiary/aromatic N) is 4. The zero-order valence-corrected chi connectivity index (χ0v) is 19.3. The van der Waals surface area contributed by atoms with Gasteiger partial charge in [-0.2, -0.15) is 5.10 Å². The van der Waals surface area contributed by atoms with Gasteiger partial charge in [-0.05, 0) is 46.7 Å². The van der Waals surface area contributed by atoms with Crippen molar-refractivity contribution in [2.75, 3.05) is 19.3 Å². The first-order valence-electron chi connectivity index (χ1n) is 10.6. The highest BCUT2D eigenvalue weighted by Gasteiger charge is 2.30. The molecule has 0 saturated carbocycles. The number of thiophene rings is 1. The third-order valence-electron chi connectivity index (χ3n) is 6.08. The monoisotopic (exact) mass is 468 g/mol. The SMILES string of the molecule is CS(=O)(=O)N1CCC(c2nn(Cc3cccc4ccccc34)c(=O)n2-c2cccs2)CC1. The van der Waals surface area contributed by atoms with Crippen LogP contribution in [0.15, 0.2) is 64.8 Å². The van der Waals surface area contributed by atoms with Crippen molar-refractivity contribution >= 4 is 32.1 Å². The first-order valence-corrected chi connectivity index (χ1v) is 13.3. The first-order chi connectivity index (χ1) is 15.4. The zero-order valence-electron chi connectivity index (χ0n) is 17.7. The maximum Gasteiger partial charge on any atom is 0.351 e. The molecular formula is C23H24N4O3S2. The Bertz CT molecular complexity index is 1410. The van der Waals surface area contributed by atoms with Crippen molar-refractivity contribution in [3.8, 4) is 5.00 Å². The molecule has 1 aliphatic heterocycles. The van der Waals surface area contributed by atoms with Crippen molar-refractivity contribution in [2.45, 2.75) is 25.3 Å². The van der Waals surface area contributed by atoms with Gasteiger partial charge in [0.1, 0.15) is 10.8 Å². The molecule has 5 rings (SSSR count). The smallest absolute Gasteiger partial charge is 0.246 e. The van der Waals surface area contributed by atoms with E-state index in [2.05, 4.69) is 18.2 Å². The lowest BCUT2D eigenvalue weighted by Gasteiger charge is -2.29. The van der Waals surface area contributed by atoms with Crippen LogP contribution in [0.1, 0.15) is 30.1 Å². The van der Waals surface area contributed by atoms with E-state index in [1.807, 2.05) is 41.8 Å². The van der Waals surface area contributed by atoms with Gasteiger partial charge >= 0.3 is 5.69 Å². The van der Waals surface area contributed by atoms with Gasteiger partial charge in [0.05, 0.1) is 12.8 Å². The molecule has 166 valence electrons. The topological polar surface area (TPSA) is 77.2 Å². The molecule has 1 saturated heterocycles. The fraction of sp³-hybridized carbons (Fsp3) is 0.304. The summed E-state index contributed by atoms with van der Waals surface area (Å²) in [4.78, 5) is 13.5. The van der Waals surface area contributed by atoms with Gasteiger partial charge in [-0.15, -0.1) is 11.3 Å². The van der Waals surface area contributed by atoms with Gasteiger partial charge < -0.3 is 0 Å². The second-order valence-corrected chi connectivity index (χ2v) is 11.1. The predicted octanol–water partition coefficient (Wildman–Crippen LogP) is 3.44. The maximum atomic E-state index is 13.5. The molecule has 7 nitrogen and oxygen atoms in total. The molecule has 0 atom stereocenters. The number of sulfonamides is 1. The summed E-state index contributed by atoms with van der Waals surface area (Å²) in [5, 5.41) is 9.80. The van der Waals surface area contributed by atoms with E-state index in [9.17, 15) is 13.2 Å². The third kappa shape index (κ3) is 3.92. The highest BCUT2D eigenvalue weighted by Crippen LogP contribution is 2.30. The minimum absolute atomic E-state index is 0.0246. The number of hydrogen-bond acceptors (Lipinski definition) is 5. The Labute approximate surface area is 190 Å².